The van der Waals surface area contributed by atoms with Gasteiger partial charge in [-0.05, 0) is 42.3 Å². The highest BCUT2D eigenvalue weighted by atomic mass is 35.5. The number of hydrogen-bond acceptors (Lipinski definition) is 3. The van der Waals surface area contributed by atoms with Gasteiger partial charge in [-0.15, -0.1) is 0 Å². The van der Waals surface area contributed by atoms with Crippen LogP contribution in [0.15, 0.2) is 77.7 Å². The van der Waals surface area contributed by atoms with E-state index >= 15 is 0 Å². The number of rotatable bonds is 3. The molecule has 2 atom stereocenters. The van der Waals surface area contributed by atoms with E-state index in [0.717, 1.165) is 5.56 Å². The van der Waals surface area contributed by atoms with Gasteiger partial charge in [-0.2, -0.15) is 4.31 Å². The first-order valence-corrected chi connectivity index (χ1v) is 11.0. The average molecular weight is 432 g/mol. The lowest BCUT2D eigenvalue weighted by Crippen LogP contribution is -2.41. The zero-order valence-corrected chi connectivity index (χ0v) is 17.2. The molecule has 4 nitrogen and oxygen atoms in total. The van der Waals surface area contributed by atoms with E-state index in [-0.39, 0.29) is 22.2 Å². The first kappa shape index (κ1) is 19.9. The Bertz CT molecular complexity index is 1140. The molecular formula is C22H19ClFNO3S. The molecule has 4 rings (SSSR count). The highest BCUT2D eigenvalue weighted by Gasteiger charge is 2.41. The summed E-state index contributed by atoms with van der Waals surface area (Å²) >= 11 is 6.31. The SMILES string of the molecule is CC1C(c2ccccc2)Oc2c(Cl)cccc2S(=O)(=O)N1Cc1cccc(F)c1. The summed E-state index contributed by atoms with van der Waals surface area (Å²) < 4.78 is 48.3. The van der Waals surface area contributed by atoms with E-state index in [1.165, 1.54) is 22.5 Å². The highest BCUT2D eigenvalue weighted by Crippen LogP contribution is 2.43. The van der Waals surface area contributed by atoms with Crippen LogP contribution in [-0.4, -0.2) is 18.8 Å². The Kier molecular flexibility index (Phi) is 5.34. The number of sulfonamides is 1. The summed E-state index contributed by atoms with van der Waals surface area (Å²) in [6.07, 6.45) is -0.583. The van der Waals surface area contributed by atoms with Gasteiger partial charge in [0.1, 0.15) is 16.8 Å². The van der Waals surface area contributed by atoms with Gasteiger partial charge in [-0.3, -0.25) is 0 Å². The van der Waals surface area contributed by atoms with Crippen molar-refractivity contribution in [3.05, 3.63) is 94.8 Å². The van der Waals surface area contributed by atoms with Gasteiger partial charge >= 0.3 is 0 Å². The first-order chi connectivity index (χ1) is 13.9. The summed E-state index contributed by atoms with van der Waals surface area (Å²) in [5.41, 5.74) is 1.38. The third kappa shape index (κ3) is 3.75. The van der Waals surface area contributed by atoms with Crippen molar-refractivity contribution in [2.75, 3.05) is 0 Å². The molecule has 29 heavy (non-hydrogen) atoms. The van der Waals surface area contributed by atoms with Gasteiger partial charge in [0.05, 0.1) is 11.1 Å². The Hall–Kier alpha value is -2.41. The van der Waals surface area contributed by atoms with Gasteiger partial charge < -0.3 is 4.74 Å². The molecule has 3 aromatic carbocycles. The fourth-order valence-electron chi connectivity index (χ4n) is 3.56. The lowest BCUT2D eigenvalue weighted by molar-refractivity contribution is 0.124. The summed E-state index contributed by atoms with van der Waals surface area (Å²) in [5.74, 6) is -0.279. The molecule has 0 saturated carbocycles. The zero-order valence-electron chi connectivity index (χ0n) is 15.6. The Morgan fingerprint density at radius 1 is 1.03 bits per heavy atom. The summed E-state index contributed by atoms with van der Waals surface area (Å²) in [6, 6.07) is 19.4. The van der Waals surface area contributed by atoms with Gasteiger partial charge in [0, 0.05) is 6.54 Å². The topological polar surface area (TPSA) is 46.6 Å². The third-order valence-corrected chi connectivity index (χ3v) is 7.26. The fraction of sp³-hybridized carbons (Fsp3) is 0.182. The summed E-state index contributed by atoms with van der Waals surface area (Å²) in [7, 11) is -3.94. The molecule has 0 amide bonds. The fourth-order valence-corrected chi connectivity index (χ4v) is 5.60. The molecule has 0 bridgehead atoms. The van der Waals surface area contributed by atoms with Crippen LogP contribution in [0.25, 0.3) is 0 Å². The molecule has 0 radical (unpaired) electrons. The first-order valence-electron chi connectivity index (χ1n) is 9.14. The Morgan fingerprint density at radius 3 is 2.48 bits per heavy atom. The summed E-state index contributed by atoms with van der Waals surface area (Å²) in [6.45, 7) is 1.80. The van der Waals surface area contributed by atoms with Crippen molar-refractivity contribution in [3.63, 3.8) is 0 Å². The van der Waals surface area contributed by atoms with Crippen molar-refractivity contribution in [3.8, 4) is 5.75 Å². The van der Waals surface area contributed by atoms with E-state index in [1.54, 1.807) is 31.2 Å². The molecule has 2 unspecified atom stereocenters. The third-order valence-electron chi connectivity index (χ3n) is 5.01. The largest absolute Gasteiger partial charge is 0.481 e. The van der Waals surface area contributed by atoms with Crippen LogP contribution in [-0.2, 0) is 16.6 Å². The summed E-state index contributed by atoms with van der Waals surface area (Å²) in [4.78, 5) is 0.00619. The van der Waals surface area contributed by atoms with Crippen LogP contribution < -0.4 is 4.74 Å². The van der Waals surface area contributed by atoms with Crippen LogP contribution in [0.4, 0.5) is 4.39 Å². The molecule has 0 fully saturated rings. The van der Waals surface area contributed by atoms with E-state index in [9.17, 15) is 12.8 Å². The molecule has 150 valence electrons. The normalized spacial score (nSPS) is 21.1. The number of ether oxygens (including phenoxy) is 1. The van der Waals surface area contributed by atoms with Crippen molar-refractivity contribution in [1.82, 2.24) is 4.31 Å². The van der Waals surface area contributed by atoms with E-state index in [1.807, 2.05) is 30.3 Å². The van der Waals surface area contributed by atoms with Gasteiger partial charge in [-0.25, -0.2) is 12.8 Å². The number of fused-ring (bicyclic) bond motifs is 1. The predicted octanol–water partition coefficient (Wildman–Crippen LogP) is 5.19. The summed E-state index contributed by atoms with van der Waals surface area (Å²) in [5, 5.41) is 0.229. The lowest BCUT2D eigenvalue weighted by Gasteiger charge is -2.30. The molecule has 3 aromatic rings. The standard InChI is InChI=1S/C22H19ClFNO3S/c1-15-21(17-8-3-2-4-9-17)28-22-19(23)11-6-12-20(22)29(26,27)25(15)14-16-7-5-10-18(24)13-16/h2-13,15,21H,14H2,1H3. The quantitative estimate of drug-likeness (QED) is 0.573. The van der Waals surface area contributed by atoms with Crippen molar-refractivity contribution < 1.29 is 17.5 Å². The van der Waals surface area contributed by atoms with Crippen LogP contribution >= 0.6 is 11.6 Å². The number of para-hydroxylation sites is 1. The van der Waals surface area contributed by atoms with Crippen LogP contribution in [0.2, 0.25) is 5.02 Å². The van der Waals surface area contributed by atoms with Crippen molar-refractivity contribution >= 4 is 21.6 Å². The minimum Gasteiger partial charge on any atom is -0.481 e. The van der Waals surface area contributed by atoms with E-state index in [4.69, 9.17) is 16.3 Å². The zero-order chi connectivity index (χ0) is 20.6. The second-order valence-electron chi connectivity index (χ2n) is 6.94. The van der Waals surface area contributed by atoms with Crippen LogP contribution in [0, 0.1) is 5.82 Å². The maximum atomic E-state index is 13.7. The molecular weight excluding hydrogens is 413 g/mol. The lowest BCUT2D eigenvalue weighted by atomic mass is 10.0. The number of benzene rings is 3. The molecule has 1 aliphatic heterocycles. The molecule has 0 spiro atoms. The average Bonchev–Trinajstić information content (AvgIpc) is 2.78. The smallest absolute Gasteiger partial charge is 0.247 e. The predicted molar refractivity (Wildman–Crippen MR) is 110 cm³/mol. The molecule has 0 N–H and O–H groups in total. The maximum Gasteiger partial charge on any atom is 0.247 e. The van der Waals surface area contributed by atoms with Crippen molar-refractivity contribution in [2.45, 2.75) is 30.5 Å². The van der Waals surface area contributed by atoms with Gasteiger partial charge in [0.2, 0.25) is 10.0 Å². The van der Waals surface area contributed by atoms with E-state index in [0.29, 0.717) is 5.56 Å². The Labute approximate surface area is 174 Å². The minimum atomic E-state index is -3.94. The second kappa shape index (κ2) is 7.78. The van der Waals surface area contributed by atoms with E-state index in [2.05, 4.69) is 0 Å². The molecule has 1 heterocycles. The van der Waals surface area contributed by atoms with Gasteiger partial charge in [0.15, 0.2) is 5.75 Å². The molecule has 0 aliphatic carbocycles. The van der Waals surface area contributed by atoms with Crippen LogP contribution in [0.3, 0.4) is 0 Å². The molecule has 1 aliphatic rings. The monoisotopic (exact) mass is 431 g/mol. The van der Waals surface area contributed by atoms with E-state index < -0.39 is 28.0 Å². The molecule has 0 saturated heterocycles. The Balaban J connectivity index is 1.88. The van der Waals surface area contributed by atoms with Crippen LogP contribution in [0.1, 0.15) is 24.2 Å². The van der Waals surface area contributed by atoms with Gasteiger partial charge in [0.25, 0.3) is 0 Å². The number of hydrogen-bond donors (Lipinski definition) is 0. The van der Waals surface area contributed by atoms with Crippen LogP contribution in [0.5, 0.6) is 5.75 Å². The van der Waals surface area contributed by atoms with Crippen molar-refractivity contribution in [1.29, 1.82) is 0 Å². The minimum absolute atomic E-state index is 0.00619. The maximum absolute atomic E-state index is 13.7. The second-order valence-corrected chi connectivity index (χ2v) is 9.20. The molecule has 7 heteroatoms. The number of halogens is 2. The Morgan fingerprint density at radius 2 is 1.76 bits per heavy atom. The highest BCUT2D eigenvalue weighted by molar-refractivity contribution is 7.89. The molecule has 0 aromatic heterocycles. The van der Waals surface area contributed by atoms with Crippen molar-refractivity contribution in [2.24, 2.45) is 0 Å². The number of nitrogens with zero attached hydrogens (tertiary/aromatic N) is 1. The van der Waals surface area contributed by atoms with Gasteiger partial charge in [-0.1, -0.05) is 60.1 Å².